The lowest BCUT2D eigenvalue weighted by molar-refractivity contribution is -0.134. The molecule has 2 amide bonds. The molecule has 2 unspecified atom stereocenters. The van der Waals surface area contributed by atoms with Crippen molar-refractivity contribution in [2.45, 2.75) is 31.7 Å². The molecule has 0 radical (unpaired) electrons. The maximum atomic E-state index is 13.7. The van der Waals surface area contributed by atoms with E-state index in [0.29, 0.717) is 43.6 Å². The van der Waals surface area contributed by atoms with Crippen LogP contribution in [0.15, 0.2) is 54.6 Å². The van der Waals surface area contributed by atoms with Crippen molar-refractivity contribution in [1.82, 2.24) is 10.2 Å². The molecule has 154 valence electrons. The van der Waals surface area contributed by atoms with Crippen LogP contribution in [0.25, 0.3) is 0 Å². The van der Waals surface area contributed by atoms with Crippen LogP contribution in [-0.4, -0.2) is 42.4 Å². The predicted molar refractivity (Wildman–Crippen MR) is 111 cm³/mol. The van der Waals surface area contributed by atoms with Crippen molar-refractivity contribution in [3.8, 4) is 0 Å². The zero-order valence-electron chi connectivity index (χ0n) is 16.5. The van der Waals surface area contributed by atoms with Gasteiger partial charge < -0.3 is 16.0 Å². The summed E-state index contributed by atoms with van der Waals surface area (Å²) in [6.07, 6.45) is 2.69. The summed E-state index contributed by atoms with van der Waals surface area (Å²) in [7, 11) is 0. The molecule has 3 rings (SSSR count). The van der Waals surface area contributed by atoms with E-state index in [2.05, 4.69) is 5.32 Å². The van der Waals surface area contributed by atoms with E-state index in [-0.39, 0.29) is 23.5 Å². The Labute approximate surface area is 171 Å². The lowest BCUT2D eigenvalue weighted by Crippen LogP contribution is -2.49. The summed E-state index contributed by atoms with van der Waals surface area (Å²) >= 11 is 0. The molecule has 3 N–H and O–H groups in total. The van der Waals surface area contributed by atoms with E-state index < -0.39 is 6.04 Å². The van der Waals surface area contributed by atoms with Gasteiger partial charge in [-0.3, -0.25) is 9.59 Å². The number of hydrogen-bond donors (Lipinski definition) is 2. The molecule has 1 fully saturated rings. The summed E-state index contributed by atoms with van der Waals surface area (Å²) in [6, 6.07) is 15.0. The summed E-state index contributed by atoms with van der Waals surface area (Å²) in [5.41, 5.74) is 7.32. The largest absolute Gasteiger partial charge is 0.352 e. The smallest absolute Gasteiger partial charge is 0.251 e. The van der Waals surface area contributed by atoms with Crippen LogP contribution < -0.4 is 11.1 Å². The molecule has 6 heteroatoms. The Morgan fingerprint density at radius 1 is 1.14 bits per heavy atom. The number of nitrogens with two attached hydrogens (primary N) is 1. The van der Waals surface area contributed by atoms with E-state index in [1.54, 1.807) is 35.2 Å². The number of benzene rings is 2. The molecule has 0 aliphatic carbocycles. The zero-order valence-corrected chi connectivity index (χ0v) is 16.5. The first kappa shape index (κ1) is 21.0. The van der Waals surface area contributed by atoms with Crippen LogP contribution >= 0.6 is 0 Å². The second-order valence-corrected chi connectivity index (χ2v) is 7.61. The highest BCUT2D eigenvalue weighted by molar-refractivity contribution is 5.94. The lowest BCUT2D eigenvalue weighted by Gasteiger charge is -2.34. The van der Waals surface area contributed by atoms with Crippen LogP contribution in [0, 0.1) is 11.7 Å². The number of nitrogens with one attached hydrogen (secondary N) is 1. The van der Waals surface area contributed by atoms with Crippen LogP contribution in [0.1, 0.15) is 35.2 Å². The lowest BCUT2D eigenvalue weighted by atomic mass is 9.96. The van der Waals surface area contributed by atoms with Crippen LogP contribution in [0.5, 0.6) is 0 Å². The van der Waals surface area contributed by atoms with Crippen molar-refractivity contribution in [1.29, 1.82) is 0 Å². The number of amides is 2. The summed E-state index contributed by atoms with van der Waals surface area (Å²) < 4.78 is 13.7. The molecule has 1 saturated heterocycles. The van der Waals surface area contributed by atoms with Crippen molar-refractivity contribution in [2.24, 2.45) is 11.7 Å². The maximum absolute atomic E-state index is 13.7. The van der Waals surface area contributed by atoms with Gasteiger partial charge in [0.25, 0.3) is 5.91 Å². The van der Waals surface area contributed by atoms with Gasteiger partial charge in [0.15, 0.2) is 0 Å². The third kappa shape index (κ3) is 5.87. The number of nitrogens with zero attached hydrogens (tertiary/aromatic N) is 1. The highest BCUT2D eigenvalue weighted by Gasteiger charge is 2.27. The minimum absolute atomic E-state index is 0.0968. The molecule has 2 atom stereocenters. The first-order chi connectivity index (χ1) is 14.0. The number of piperidine rings is 1. The number of carbonyl (C=O) groups is 2. The minimum Gasteiger partial charge on any atom is -0.352 e. The van der Waals surface area contributed by atoms with Crippen LogP contribution in [0.4, 0.5) is 4.39 Å². The predicted octanol–water partition coefficient (Wildman–Crippen LogP) is 2.75. The van der Waals surface area contributed by atoms with Crippen molar-refractivity contribution >= 4 is 11.8 Å². The molecule has 0 bridgehead atoms. The Balaban J connectivity index is 1.47. The maximum Gasteiger partial charge on any atom is 0.251 e. The number of halogens is 1. The van der Waals surface area contributed by atoms with Gasteiger partial charge in [-0.2, -0.15) is 0 Å². The fraction of sp³-hybridized carbons (Fsp3) is 0.391. The van der Waals surface area contributed by atoms with Crippen LogP contribution in [0.3, 0.4) is 0 Å². The molecule has 0 spiro atoms. The molecule has 1 aliphatic heterocycles. The monoisotopic (exact) mass is 397 g/mol. The summed E-state index contributed by atoms with van der Waals surface area (Å²) in [5, 5.41) is 2.96. The van der Waals surface area contributed by atoms with Crippen LogP contribution in [0.2, 0.25) is 0 Å². The fourth-order valence-corrected chi connectivity index (χ4v) is 3.73. The Morgan fingerprint density at radius 3 is 2.62 bits per heavy atom. The Hall–Kier alpha value is -2.73. The quantitative estimate of drug-likeness (QED) is 0.754. The standard InChI is InChI=1S/C23H28FN3O2/c24-20-11-5-4-8-18(20)12-13-21(25)23(29)27-14-6-7-17(16-27)15-26-22(28)19-9-2-1-3-10-19/h1-5,8-11,17,21H,6-7,12-16,25H2,(H,26,28). The van der Waals surface area contributed by atoms with Gasteiger partial charge in [-0.05, 0) is 55.4 Å². The normalized spacial score (nSPS) is 17.6. The van der Waals surface area contributed by atoms with Gasteiger partial charge in [0.1, 0.15) is 5.82 Å². The molecule has 2 aromatic carbocycles. The average molecular weight is 397 g/mol. The van der Waals surface area contributed by atoms with Crippen LogP contribution in [-0.2, 0) is 11.2 Å². The van der Waals surface area contributed by atoms with E-state index in [1.165, 1.54) is 6.07 Å². The SMILES string of the molecule is NC(CCc1ccccc1F)C(=O)N1CCCC(CNC(=O)c2ccccc2)C1. The molecule has 29 heavy (non-hydrogen) atoms. The second kappa shape index (κ2) is 10.2. The van der Waals surface area contributed by atoms with Gasteiger partial charge in [0.05, 0.1) is 6.04 Å². The van der Waals surface area contributed by atoms with E-state index in [9.17, 15) is 14.0 Å². The topological polar surface area (TPSA) is 75.4 Å². The minimum atomic E-state index is -0.646. The molecule has 5 nitrogen and oxygen atoms in total. The van der Waals surface area contributed by atoms with E-state index >= 15 is 0 Å². The average Bonchev–Trinajstić information content (AvgIpc) is 2.77. The fourth-order valence-electron chi connectivity index (χ4n) is 3.73. The number of likely N-dealkylation sites (tertiary alicyclic amines) is 1. The molecular formula is C23H28FN3O2. The van der Waals surface area contributed by atoms with Gasteiger partial charge in [0.2, 0.25) is 5.91 Å². The van der Waals surface area contributed by atoms with Crippen molar-refractivity contribution in [2.75, 3.05) is 19.6 Å². The Kier molecular flexibility index (Phi) is 7.36. The first-order valence-electron chi connectivity index (χ1n) is 10.2. The highest BCUT2D eigenvalue weighted by atomic mass is 19.1. The zero-order chi connectivity index (χ0) is 20.6. The molecule has 1 aliphatic rings. The molecule has 0 aromatic heterocycles. The van der Waals surface area contributed by atoms with E-state index in [0.717, 1.165) is 12.8 Å². The number of aryl methyl sites for hydroxylation is 1. The van der Waals surface area contributed by atoms with Crippen molar-refractivity contribution in [3.05, 3.63) is 71.5 Å². The Bertz CT molecular complexity index is 828. The van der Waals surface area contributed by atoms with Crippen molar-refractivity contribution in [3.63, 3.8) is 0 Å². The van der Waals surface area contributed by atoms with Gasteiger partial charge in [0, 0.05) is 25.2 Å². The first-order valence-corrected chi connectivity index (χ1v) is 10.2. The summed E-state index contributed by atoms with van der Waals surface area (Å²) in [5.74, 6) is -0.255. The molecule has 2 aromatic rings. The van der Waals surface area contributed by atoms with Gasteiger partial charge in [-0.1, -0.05) is 36.4 Å². The summed E-state index contributed by atoms with van der Waals surface area (Å²) in [4.78, 5) is 26.7. The third-order valence-electron chi connectivity index (χ3n) is 5.42. The van der Waals surface area contributed by atoms with Crippen molar-refractivity contribution < 1.29 is 14.0 Å². The van der Waals surface area contributed by atoms with E-state index in [4.69, 9.17) is 5.73 Å². The Morgan fingerprint density at radius 2 is 1.86 bits per heavy atom. The number of hydrogen-bond acceptors (Lipinski definition) is 3. The highest BCUT2D eigenvalue weighted by Crippen LogP contribution is 2.18. The molecule has 1 heterocycles. The van der Waals surface area contributed by atoms with Gasteiger partial charge >= 0.3 is 0 Å². The molecular weight excluding hydrogens is 369 g/mol. The second-order valence-electron chi connectivity index (χ2n) is 7.61. The number of carbonyl (C=O) groups excluding carboxylic acids is 2. The van der Waals surface area contributed by atoms with Gasteiger partial charge in [-0.25, -0.2) is 4.39 Å². The van der Waals surface area contributed by atoms with Gasteiger partial charge in [-0.15, -0.1) is 0 Å². The third-order valence-corrected chi connectivity index (χ3v) is 5.42. The molecule has 0 saturated carbocycles. The summed E-state index contributed by atoms with van der Waals surface area (Å²) in [6.45, 7) is 1.79. The number of rotatable bonds is 7. The van der Waals surface area contributed by atoms with E-state index in [1.807, 2.05) is 18.2 Å².